The zero-order valence-corrected chi connectivity index (χ0v) is 11.8. The van der Waals surface area contributed by atoms with Crippen LogP contribution in [0.15, 0.2) is 23.6 Å². The van der Waals surface area contributed by atoms with Crippen molar-refractivity contribution in [3.05, 3.63) is 51.2 Å². The van der Waals surface area contributed by atoms with Gasteiger partial charge in [0, 0.05) is 24.4 Å². The molecule has 1 unspecified atom stereocenters. The average Bonchev–Trinajstić information content (AvgIpc) is 2.96. The van der Waals surface area contributed by atoms with Crippen molar-refractivity contribution >= 4 is 11.3 Å². The van der Waals surface area contributed by atoms with E-state index in [9.17, 15) is 4.39 Å². The van der Waals surface area contributed by atoms with E-state index in [-0.39, 0.29) is 5.82 Å². The molecule has 2 aromatic rings. The van der Waals surface area contributed by atoms with Crippen LogP contribution in [0.4, 0.5) is 4.39 Å². The van der Waals surface area contributed by atoms with Crippen molar-refractivity contribution in [3.63, 3.8) is 0 Å². The molecule has 1 atom stereocenters. The third kappa shape index (κ3) is 2.85. The summed E-state index contributed by atoms with van der Waals surface area (Å²) in [4.78, 5) is 4.46. The Morgan fingerprint density at radius 1 is 1.47 bits per heavy atom. The molecule has 1 heterocycles. The summed E-state index contributed by atoms with van der Waals surface area (Å²) in [5.41, 5.74) is 3.57. The van der Waals surface area contributed by atoms with E-state index in [0.717, 1.165) is 42.1 Å². The predicted octanol–water partition coefficient (Wildman–Crippen LogP) is 3.41. The summed E-state index contributed by atoms with van der Waals surface area (Å²) in [5.74, 6) is -0.127. The molecule has 1 aromatic carbocycles. The van der Waals surface area contributed by atoms with Crippen LogP contribution in [0, 0.1) is 12.7 Å². The Morgan fingerprint density at radius 2 is 2.37 bits per heavy atom. The minimum absolute atomic E-state index is 0.127. The van der Waals surface area contributed by atoms with Gasteiger partial charge in [-0.3, -0.25) is 0 Å². The number of benzene rings is 1. The molecule has 0 fully saturated rings. The van der Waals surface area contributed by atoms with Crippen molar-refractivity contribution in [2.24, 2.45) is 0 Å². The fourth-order valence-electron chi connectivity index (χ4n) is 2.70. The Balaban J connectivity index is 1.58. The van der Waals surface area contributed by atoms with Crippen molar-refractivity contribution in [2.75, 3.05) is 6.54 Å². The van der Waals surface area contributed by atoms with Gasteiger partial charge in [0.2, 0.25) is 0 Å². The highest BCUT2D eigenvalue weighted by atomic mass is 32.1. The van der Waals surface area contributed by atoms with Crippen LogP contribution in [0.1, 0.15) is 34.3 Å². The highest BCUT2D eigenvalue weighted by Gasteiger charge is 2.21. The number of fused-ring (bicyclic) bond motifs is 1. The molecule has 19 heavy (non-hydrogen) atoms. The van der Waals surface area contributed by atoms with E-state index in [2.05, 4.69) is 15.7 Å². The topological polar surface area (TPSA) is 24.9 Å². The summed E-state index contributed by atoms with van der Waals surface area (Å²) < 4.78 is 13.1. The Morgan fingerprint density at radius 3 is 3.16 bits per heavy atom. The first-order chi connectivity index (χ1) is 9.22. The highest BCUT2D eigenvalue weighted by molar-refractivity contribution is 7.09. The van der Waals surface area contributed by atoms with Gasteiger partial charge in [-0.2, -0.15) is 0 Å². The molecule has 0 saturated heterocycles. The van der Waals surface area contributed by atoms with E-state index in [0.29, 0.717) is 6.04 Å². The molecule has 0 bridgehead atoms. The van der Waals surface area contributed by atoms with Crippen molar-refractivity contribution in [1.29, 1.82) is 0 Å². The molecule has 0 aliphatic heterocycles. The lowest BCUT2D eigenvalue weighted by atomic mass is 10.1. The minimum atomic E-state index is -0.127. The monoisotopic (exact) mass is 276 g/mol. The van der Waals surface area contributed by atoms with Gasteiger partial charge in [0.15, 0.2) is 0 Å². The predicted molar refractivity (Wildman–Crippen MR) is 76.0 cm³/mol. The number of hydrogen-bond donors (Lipinski definition) is 1. The quantitative estimate of drug-likeness (QED) is 0.925. The zero-order valence-electron chi connectivity index (χ0n) is 10.9. The lowest BCUT2D eigenvalue weighted by Gasteiger charge is -2.13. The molecule has 3 rings (SSSR count). The van der Waals surface area contributed by atoms with Crippen LogP contribution in [0.5, 0.6) is 0 Å². The summed E-state index contributed by atoms with van der Waals surface area (Å²) in [6.07, 6.45) is 2.99. The second kappa shape index (κ2) is 5.39. The van der Waals surface area contributed by atoms with Gasteiger partial charge in [-0.05, 0) is 43.0 Å². The Hall–Kier alpha value is -1.26. The van der Waals surface area contributed by atoms with E-state index in [1.165, 1.54) is 5.56 Å². The Labute approximate surface area is 116 Å². The van der Waals surface area contributed by atoms with E-state index in [4.69, 9.17) is 0 Å². The first-order valence-corrected chi connectivity index (χ1v) is 7.53. The molecule has 1 aliphatic carbocycles. The van der Waals surface area contributed by atoms with Crippen LogP contribution in [-0.2, 0) is 12.8 Å². The fraction of sp³-hybridized carbons (Fsp3) is 0.400. The Bertz CT molecular complexity index is 579. The number of nitrogens with zero attached hydrogens (tertiary/aromatic N) is 1. The first-order valence-electron chi connectivity index (χ1n) is 6.65. The maximum atomic E-state index is 13.1. The lowest BCUT2D eigenvalue weighted by molar-refractivity contribution is 0.532. The van der Waals surface area contributed by atoms with Gasteiger partial charge in [-0.25, -0.2) is 9.37 Å². The number of aryl methyl sites for hydroxylation is 2. The largest absolute Gasteiger partial charge is 0.310 e. The van der Waals surface area contributed by atoms with Crippen molar-refractivity contribution in [1.82, 2.24) is 10.3 Å². The van der Waals surface area contributed by atoms with Crippen molar-refractivity contribution in [3.8, 4) is 0 Å². The van der Waals surface area contributed by atoms with Gasteiger partial charge in [0.05, 0.1) is 10.7 Å². The SMILES string of the molecule is Cc1nc(CCNC2CCc3cc(F)ccc32)cs1. The summed E-state index contributed by atoms with van der Waals surface area (Å²) >= 11 is 1.70. The van der Waals surface area contributed by atoms with Gasteiger partial charge in [0.1, 0.15) is 5.82 Å². The minimum Gasteiger partial charge on any atom is -0.310 e. The average molecular weight is 276 g/mol. The summed E-state index contributed by atoms with van der Waals surface area (Å²) in [7, 11) is 0. The molecular weight excluding hydrogens is 259 g/mol. The number of halogens is 1. The van der Waals surface area contributed by atoms with Gasteiger partial charge in [-0.1, -0.05) is 6.07 Å². The number of aromatic nitrogens is 1. The van der Waals surface area contributed by atoms with Gasteiger partial charge in [0.25, 0.3) is 0 Å². The van der Waals surface area contributed by atoms with Gasteiger partial charge < -0.3 is 5.32 Å². The maximum Gasteiger partial charge on any atom is 0.123 e. The Kier molecular flexibility index (Phi) is 3.62. The molecule has 0 radical (unpaired) electrons. The van der Waals surface area contributed by atoms with E-state index >= 15 is 0 Å². The normalized spacial score (nSPS) is 17.7. The second-order valence-electron chi connectivity index (χ2n) is 5.00. The smallest absolute Gasteiger partial charge is 0.123 e. The molecule has 100 valence electrons. The fourth-order valence-corrected chi connectivity index (χ4v) is 3.34. The van der Waals surface area contributed by atoms with E-state index < -0.39 is 0 Å². The molecule has 2 nitrogen and oxygen atoms in total. The number of nitrogens with one attached hydrogen (secondary N) is 1. The van der Waals surface area contributed by atoms with Crippen molar-refractivity contribution in [2.45, 2.75) is 32.2 Å². The molecular formula is C15H17FN2S. The standard InChI is InChI=1S/C15H17FN2S/c1-10-18-13(9-19-10)6-7-17-15-5-2-11-8-12(16)3-4-14(11)15/h3-4,8-9,15,17H,2,5-7H2,1H3. The van der Waals surface area contributed by atoms with Crippen molar-refractivity contribution < 1.29 is 4.39 Å². The van der Waals surface area contributed by atoms with E-state index in [1.54, 1.807) is 23.5 Å². The molecule has 1 N–H and O–H groups in total. The van der Waals surface area contributed by atoms with Crippen LogP contribution < -0.4 is 5.32 Å². The highest BCUT2D eigenvalue weighted by Crippen LogP contribution is 2.31. The molecule has 0 saturated carbocycles. The van der Waals surface area contributed by atoms with E-state index in [1.807, 2.05) is 13.0 Å². The number of hydrogen-bond acceptors (Lipinski definition) is 3. The van der Waals surface area contributed by atoms with Crippen LogP contribution in [0.25, 0.3) is 0 Å². The molecule has 1 aliphatic rings. The summed E-state index contributed by atoms with van der Waals surface area (Å²) in [5, 5.41) is 6.80. The maximum absolute atomic E-state index is 13.1. The second-order valence-corrected chi connectivity index (χ2v) is 6.06. The number of thiazole rings is 1. The molecule has 0 spiro atoms. The van der Waals surface area contributed by atoms with Gasteiger partial charge in [-0.15, -0.1) is 11.3 Å². The lowest BCUT2D eigenvalue weighted by Crippen LogP contribution is -2.22. The van der Waals surface area contributed by atoms with Gasteiger partial charge >= 0.3 is 0 Å². The van der Waals surface area contributed by atoms with Crippen LogP contribution in [0.3, 0.4) is 0 Å². The third-order valence-electron chi connectivity index (χ3n) is 3.62. The zero-order chi connectivity index (χ0) is 13.2. The molecule has 0 amide bonds. The van der Waals surface area contributed by atoms with Crippen LogP contribution in [0.2, 0.25) is 0 Å². The third-order valence-corrected chi connectivity index (χ3v) is 4.44. The summed E-state index contributed by atoms with van der Waals surface area (Å²) in [6.45, 7) is 2.95. The van der Waals surface area contributed by atoms with Crippen LogP contribution in [-0.4, -0.2) is 11.5 Å². The van der Waals surface area contributed by atoms with Crippen LogP contribution >= 0.6 is 11.3 Å². The summed E-state index contributed by atoms with van der Waals surface area (Å²) in [6, 6.07) is 5.52. The molecule has 4 heteroatoms. The number of rotatable bonds is 4. The first kappa shape index (κ1) is 12.8. The molecule has 1 aromatic heterocycles.